The molecule has 0 amide bonds. The van der Waals surface area contributed by atoms with Gasteiger partial charge in [0.2, 0.25) is 0 Å². The summed E-state index contributed by atoms with van der Waals surface area (Å²) in [5, 5.41) is 21.6. The van der Waals surface area contributed by atoms with Crippen molar-refractivity contribution in [3.63, 3.8) is 0 Å². The summed E-state index contributed by atoms with van der Waals surface area (Å²) < 4.78 is 0. The SMILES string of the molecule is CCCc1cc(C=NCN=Cc2cc(CCC)cc(C(C)(C)C)c2O)c(O)c(C(C)(C)C)c1. The molecule has 4 nitrogen and oxygen atoms in total. The number of hydrogen-bond donors (Lipinski definition) is 2. The van der Waals surface area contributed by atoms with E-state index in [4.69, 9.17) is 0 Å². The van der Waals surface area contributed by atoms with Gasteiger partial charge in [-0.25, -0.2) is 0 Å². The maximum atomic E-state index is 10.8. The van der Waals surface area contributed by atoms with Crippen molar-refractivity contribution in [1.82, 2.24) is 0 Å². The first-order valence-corrected chi connectivity index (χ1v) is 12.1. The summed E-state index contributed by atoms with van der Waals surface area (Å²) in [6.07, 6.45) is 7.43. The van der Waals surface area contributed by atoms with Crippen LogP contribution in [0.5, 0.6) is 11.5 Å². The fourth-order valence-corrected chi connectivity index (χ4v) is 3.97. The topological polar surface area (TPSA) is 65.2 Å². The van der Waals surface area contributed by atoms with Gasteiger partial charge in [-0.1, -0.05) is 80.4 Å². The predicted octanol–water partition coefficient (Wildman–Crippen LogP) is 7.09. The van der Waals surface area contributed by atoms with Gasteiger partial charge in [0, 0.05) is 34.7 Å². The van der Waals surface area contributed by atoms with Crippen LogP contribution >= 0.6 is 0 Å². The van der Waals surface area contributed by atoms with Crippen molar-refractivity contribution >= 4 is 12.4 Å². The molecule has 0 bridgehead atoms. The zero-order valence-electron chi connectivity index (χ0n) is 21.8. The van der Waals surface area contributed by atoms with Crippen molar-refractivity contribution in [2.24, 2.45) is 9.98 Å². The Balaban J connectivity index is 2.28. The van der Waals surface area contributed by atoms with Gasteiger partial charge in [-0.3, -0.25) is 9.98 Å². The zero-order valence-corrected chi connectivity index (χ0v) is 21.8. The Morgan fingerprint density at radius 3 is 1.33 bits per heavy atom. The molecule has 0 spiro atoms. The third-order valence-electron chi connectivity index (χ3n) is 5.72. The number of phenols is 2. The molecule has 2 aromatic carbocycles. The summed E-state index contributed by atoms with van der Waals surface area (Å²) in [5.74, 6) is 0.574. The number of benzene rings is 2. The lowest BCUT2D eigenvalue weighted by molar-refractivity contribution is 0.444. The van der Waals surface area contributed by atoms with Crippen molar-refractivity contribution in [1.29, 1.82) is 0 Å². The van der Waals surface area contributed by atoms with E-state index in [-0.39, 0.29) is 29.0 Å². The van der Waals surface area contributed by atoms with Crippen LogP contribution in [0.15, 0.2) is 34.3 Å². The molecule has 33 heavy (non-hydrogen) atoms. The molecule has 0 aliphatic carbocycles. The summed E-state index contributed by atoms with van der Waals surface area (Å²) in [5.41, 5.74) is 5.43. The van der Waals surface area contributed by atoms with Crippen molar-refractivity contribution in [3.05, 3.63) is 57.6 Å². The lowest BCUT2D eigenvalue weighted by Gasteiger charge is -2.22. The van der Waals surface area contributed by atoms with E-state index in [0.717, 1.165) is 47.9 Å². The summed E-state index contributed by atoms with van der Waals surface area (Å²) >= 11 is 0. The van der Waals surface area contributed by atoms with Gasteiger partial charge < -0.3 is 10.2 Å². The third kappa shape index (κ3) is 7.18. The summed E-state index contributed by atoms with van der Waals surface area (Å²) in [6.45, 7) is 17.2. The van der Waals surface area contributed by atoms with Crippen molar-refractivity contribution in [2.45, 2.75) is 91.9 Å². The van der Waals surface area contributed by atoms with Gasteiger partial charge in [-0.2, -0.15) is 0 Å². The Kier molecular flexibility index (Phi) is 8.88. The molecule has 2 aromatic rings. The van der Waals surface area contributed by atoms with Crippen molar-refractivity contribution in [2.75, 3.05) is 6.67 Å². The van der Waals surface area contributed by atoms with Gasteiger partial charge in [0.1, 0.15) is 18.2 Å². The van der Waals surface area contributed by atoms with Crippen LogP contribution < -0.4 is 0 Å². The van der Waals surface area contributed by atoms with E-state index in [1.165, 1.54) is 11.1 Å². The quantitative estimate of drug-likeness (QED) is 0.421. The number of rotatable bonds is 8. The second kappa shape index (κ2) is 11.0. The van der Waals surface area contributed by atoms with E-state index in [1.807, 2.05) is 12.1 Å². The number of aliphatic imine (C=N–C) groups is 2. The van der Waals surface area contributed by atoms with E-state index in [2.05, 4.69) is 77.5 Å². The normalized spacial score (nSPS) is 12.8. The number of nitrogens with zero attached hydrogens (tertiary/aromatic N) is 2. The van der Waals surface area contributed by atoms with E-state index in [0.29, 0.717) is 0 Å². The Morgan fingerprint density at radius 2 is 1.03 bits per heavy atom. The highest BCUT2D eigenvalue weighted by Gasteiger charge is 2.22. The molecule has 0 atom stereocenters. The smallest absolute Gasteiger partial charge is 0.129 e. The molecule has 2 rings (SSSR count). The largest absolute Gasteiger partial charge is 0.507 e. The van der Waals surface area contributed by atoms with Crippen molar-refractivity contribution < 1.29 is 10.2 Å². The first-order chi connectivity index (χ1) is 15.4. The fourth-order valence-electron chi connectivity index (χ4n) is 3.97. The van der Waals surface area contributed by atoms with E-state index >= 15 is 0 Å². The predicted molar refractivity (Wildman–Crippen MR) is 142 cm³/mol. The molecule has 0 unspecified atom stereocenters. The average Bonchev–Trinajstić information content (AvgIpc) is 2.70. The molecule has 0 fully saturated rings. The third-order valence-corrected chi connectivity index (χ3v) is 5.72. The fraction of sp³-hybridized carbons (Fsp3) is 0.517. The molecule has 4 heteroatoms. The molecule has 0 aromatic heterocycles. The number of hydrogen-bond acceptors (Lipinski definition) is 4. The number of aromatic hydroxyl groups is 2. The van der Waals surface area contributed by atoms with Crippen LogP contribution in [0.4, 0.5) is 0 Å². The number of aryl methyl sites for hydroxylation is 2. The molecule has 0 heterocycles. The first kappa shape index (κ1) is 26.6. The minimum Gasteiger partial charge on any atom is -0.507 e. The molecule has 0 aliphatic rings. The summed E-state index contributed by atoms with van der Waals surface area (Å²) in [6, 6.07) is 8.23. The van der Waals surface area contributed by atoms with E-state index < -0.39 is 0 Å². The molecule has 0 aliphatic heterocycles. The van der Waals surface area contributed by atoms with Crippen LogP contribution in [-0.4, -0.2) is 29.3 Å². The maximum absolute atomic E-state index is 10.8. The van der Waals surface area contributed by atoms with Crippen LogP contribution in [0, 0.1) is 0 Å². The second-order valence-corrected chi connectivity index (χ2v) is 10.9. The first-order valence-electron chi connectivity index (χ1n) is 12.1. The molecular weight excluding hydrogens is 408 g/mol. The van der Waals surface area contributed by atoms with Crippen LogP contribution in [0.2, 0.25) is 0 Å². The molecule has 0 saturated heterocycles. The monoisotopic (exact) mass is 450 g/mol. The number of phenolic OH excluding ortho intramolecular Hbond substituents is 2. The lowest BCUT2D eigenvalue weighted by atomic mass is 9.83. The highest BCUT2D eigenvalue weighted by atomic mass is 16.3. The second-order valence-electron chi connectivity index (χ2n) is 10.9. The van der Waals surface area contributed by atoms with E-state index in [1.54, 1.807) is 12.4 Å². The van der Waals surface area contributed by atoms with Gasteiger partial charge in [-0.05, 0) is 46.9 Å². The Labute approximate surface area is 200 Å². The Bertz CT molecular complexity index is 924. The van der Waals surface area contributed by atoms with Gasteiger partial charge in [0.15, 0.2) is 0 Å². The summed E-state index contributed by atoms with van der Waals surface area (Å²) in [7, 11) is 0. The minimum atomic E-state index is -0.152. The zero-order chi connectivity index (χ0) is 24.8. The maximum Gasteiger partial charge on any atom is 0.129 e. The Morgan fingerprint density at radius 1 is 0.667 bits per heavy atom. The summed E-state index contributed by atoms with van der Waals surface area (Å²) in [4.78, 5) is 8.87. The average molecular weight is 451 g/mol. The lowest BCUT2D eigenvalue weighted by Crippen LogP contribution is -2.13. The molecule has 0 saturated carbocycles. The Hall–Kier alpha value is -2.62. The minimum absolute atomic E-state index is 0.152. The van der Waals surface area contributed by atoms with Gasteiger partial charge in [0.05, 0.1) is 0 Å². The van der Waals surface area contributed by atoms with Gasteiger partial charge >= 0.3 is 0 Å². The van der Waals surface area contributed by atoms with Crippen LogP contribution in [-0.2, 0) is 23.7 Å². The van der Waals surface area contributed by atoms with Crippen LogP contribution in [0.25, 0.3) is 0 Å². The van der Waals surface area contributed by atoms with Crippen LogP contribution in [0.3, 0.4) is 0 Å². The molecular formula is C29H42N2O2. The van der Waals surface area contributed by atoms with Crippen molar-refractivity contribution in [3.8, 4) is 11.5 Å². The highest BCUT2D eigenvalue weighted by Crippen LogP contribution is 2.35. The standard InChI is InChI=1S/C29H42N2O2/c1-9-11-20-13-22(26(32)24(15-20)28(3,4)5)17-30-19-31-18-23-14-21(12-10-2)16-25(27(23)33)29(6,7)8/h13-18,32-33H,9-12,19H2,1-8H3. The molecule has 180 valence electrons. The van der Waals surface area contributed by atoms with Gasteiger partial charge in [0.25, 0.3) is 0 Å². The highest BCUT2D eigenvalue weighted by molar-refractivity contribution is 5.86. The van der Waals surface area contributed by atoms with Gasteiger partial charge in [-0.15, -0.1) is 0 Å². The molecule has 2 N–H and O–H groups in total. The van der Waals surface area contributed by atoms with Crippen LogP contribution in [0.1, 0.15) is 102 Å². The molecule has 0 radical (unpaired) electrons. The van der Waals surface area contributed by atoms with E-state index in [9.17, 15) is 10.2 Å².